The SMILES string of the molecule is COC(=O)c1cccc(OCCN2C(=O)NC(C)(c3ccc(Cl)cc3)C2=O)c1. The van der Waals surface area contributed by atoms with Gasteiger partial charge in [-0.25, -0.2) is 9.59 Å². The summed E-state index contributed by atoms with van der Waals surface area (Å²) >= 11 is 5.90. The molecule has 1 aliphatic heterocycles. The van der Waals surface area contributed by atoms with Crippen LogP contribution in [-0.4, -0.2) is 43.1 Å². The van der Waals surface area contributed by atoms with Crippen molar-refractivity contribution in [1.29, 1.82) is 0 Å². The molecular formula is C20H19ClN2O5. The van der Waals surface area contributed by atoms with E-state index in [-0.39, 0.29) is 19.1 Å². The molecule has 0 aliphatic carbocycles. The van der Waals surface area contributed by atoms with Gasteiger partial charge in [0.25, 0.3) is 5.91 Å². The van der Waals surface area contributed by atoms with Crippen molar-refractivity contribution in [3.8, 4) is 5.75 Å². The Morgan fingerprint density at radius 3 is 2.57 bits per heavy atom. The summed E-state index contributed by atoms with van der Waals surface area (Å²) in [5, 5.41) is 3.27. The molecule has 1 fully saturated rings. The summed E-state index contributed by atoms with van der Waals surface area (Å²) < 4.78 is 10.3. The summed E-state index contributed by atoms with van der Waals surface area (Å²) in [6.07, 6.45) is 0. The Hall–Kier alpha value is -3.06. The van der Waals surface area contributed by atoms with Gasteiger partial charge in [0.2, 0.25) is 0 Å². The minimum Gasteiger partial charge on any atom is -0.492 e. The van der Waals surface area contributed by atoms with Crippen molar-refractivity contribution < 1.29 is 23.9 Å². The van der Waals surface area contributed by atoms with Crippen LogP contribution in [0.15, 0.2) is 48.5 Å². The number of rotatable bonds is 6. The predicted molar refractivity (Wildman–Crippen MR) is 102 cm³/mol. The van der Waals surface area contributed by atoms with E-state index in [9.17, 15) is 14.4 Å². The molecule has 1 N–H and O–H groups in total. The van der Waals surface area contributed by atoms with Crippen LogP contribution in [0.25, 0.3) is 0 Å². The zero-order valence-corrected chi connectivity index (χ0v) is 16.2. The molecule has 1 aliphatic rings. The lowest BCUT2D eigenvalue weighted by Crippen LogP contribution is -2.41. The molecule has 1 heterocycles. The van der Waals surface area contributed by atoms with Gasteiger partial charge in [0, 0.05) is 5.02 Å². The zero-order valence-electron chi connectivity index (χ0n) is 15.4. The summed E-state index contributed by atoms with van der Waals surface area (Å²) in [4.78, 5) is 37.8. The third kappa shape index (κ3) is 3.80. The van der Waals surface area contributed by atoms with Crippen molar-refractivity contribution in [1.82, 2.24) is 10.2 Å². The number of nitrogens with zero attached hydrogens (tertiary/aromatic N) is 1. The number of nitrogens with one attached hydrogen (secondary N) is 1. The smallest absolute Gasteiger partial charge is 0.337 e. The minimum absolute atomic E-state index is 0.0658. The van der Waals surface area contributed by atoms with Crippen LogP contribution in [0.5, 0.6) is 5.75 Å². The minimum atomic E-state index is -1.16. The summed E-state index contributed by atoms with van der Waals surface area (Å²) in [7, 11) is 1.30. The van der Waals surface area contributed by atoms with Gasteiger partial charge in [-0.2, -0.15) is 0 Å². The Kier molecular flexibility index (Phi) is 5.56. The summed E-state index contributed by atoms with van der Waals surface area (Å²) in [5.74, 6) is -0.402. The van der Waals surface area contributed by atoms with Gasteiger partial charge in [-0.05, 0) is 42.8 Å². The Balaban J connectivity index is 1.65. The van der Waals surface area contributed by atoms with E-state index < -0.39 is 17.5 Å². The Morgan fingerprint density at radius 1 is 1.18 bits per heavy atom. The molecule has 1 atom stereocenters. The van der Waals surface area contributed by atoms with Crippen LogP contribution in [0.2, 0.25) is 5.02 Å². The van der Waals surface area contributed by atoms with Crippen LogP contribution in [0.3, 0.4) is 0 Å². The van der Waals surface area contributed by atoms with E-state index in [0.717, 1.165) is 4.90 Å². The molecule has 0 aromatic heterocycles. The number of methoxy groups -OCH3 is 1. The molecule has 0 saturated carbocycles. The number of carbonyl (C=O) groups excluding carboxylic acids is 3. The van der Waals surface area contributed by atoms with Crippen LogP contribution in [-0.2, 0) is 15.1 Å². The van der Waals surface area contributed by atoms with Crippen molar-refractivity contribution in [2.45, 2.75) is 12.5 Å². The summed E-state index contributed by atoms with van der Waals surface area (Å²) in [6.45, 7) is 1.80. The largest absolute Gasteiger partial charge is 0.492 e. The van der Waals surface area contributed by atoms with Crippen molar-refractivity contribution in [2.75, 3.05) is 20.3 Å². The maximum absolute atomic E-state index is 12.8. The lowest BCUT2D eigenvalue weighted by molar-refractivity contribution is -0.131. The number of ether oxygens (including phenoxy) is 2. The monoisotopic (exact) mass is 402 g/mol. The van der Waals surface area contributed by atoms with Gasteiger partial charge >= 0.3 is 12.0 Å². The number of amides is 3. The second-order valence-electron chi connectivity index (χ2n) is 6.39. The first kappa shape index (κ1) is 19.7. The lowest BCUT2D eigenvalue weighted by Gasteiger charge is -2.22. The number of urea groups is 1. The first-order valence-electron chi connectivity index (χ1n) is 8.56. The predicted octanol–water partition coefficient (Wildman–Crippen LogP) is 2.97. The molecule has 0 radical (unpaired) electrons. The zero-order chi connectivity index (χ0) is 20.3. The van der Waals surface area contributed by atoms with E-state index in [1.165, 1.54) is 13.2 Å². The Bertz CT molecular complexity index is 915. The fourth-order valence-corrected chi connectivity index (χ4v) is 3.09. The Morgan fingerprint density at radius 2 is 1.89 bits per heavy atom. The van der Waals surface area contributed by atoms with Gasteiger partial charge in [0.1, 0.15) is 17.9 Å². The highest BCUT2D eigenvalue weighted by Crippen LogP contribution is 2.29. The van der Waals surface area contributed by atoms with Gasteiger partial charge in [0.05, 0.1) is 19.2 Å². The second-order valence-corrected chi connectivity index (χ2v) is 6.82. The van der Waals surface area contributed by atoms with Gasteiger partial charge in [-0.15, -0.1) is 0 Å². The maximum Gasteiger partial charge on any atom is 0.337 e. The van der Waals surface area contributed by atoms with Crippen LogP contribution >= 0.6 is 11.6 Å². The first-order chi connectivity index (χ1) is 13.3. The van der Waals surface area contributed by atoms with Crippen molar-refractivity contribution in [2.24, 2.45) is 0 Å². The average Bonchev–Trinajstić information content (AvgIpc) is 2.92. The maximum atomic E-state index is 12.8. The van der Waals surface area contributed by atoms with Crippen molar-refractivity contribution in [3.63, 3.8) is 0 Å². The van der Waals surface area contributed by atoms with Crippen LogP contribution < -0.4 is 10.1 Å². The molecule has 1 saturated heterocycles. The quantitative estimate of drug-likeness (QED) is 0.593. The highest BCUT2D eigenvalue weighted by Gasteiger charge is 2.48. The average molecular weight is 403 g/mol. The molecule has 3 rings (SSSR count). The first-order valence-corrected chi connectivity index (χ1v) is 8.94. The van der Waals surface area contributed by atoms with E-state index in [0.29, 0.717) is 21.9 Å². The molecule has 0 bridgehead atoms. The highest BCUT2D eigenvalue weighted by atomic mass is 35.5. The van der Waals surface area contributed by atoms with Gasteiger partial charge < -0.3 is 14.8 Å². The molecule has 0 spiro atoms. The number of hydrogen-bond acceptors (Lipinski definition) is 5. The molecule has 2 aromatic rings. The number of hydrogen-bond donors (Lipinski definition) is 1. The van der Waals surface area contributed by atoms with E-state index in [2.05, 4.69) is 10.1 Å². The molecule has 7 nitrogen and oxygen atoms in total. The fourth-order valence-electron chi connectivity index (χ4n) is 2.96. The Labute approximate surface area is 167 Å². The van der Waals surface area contributed by atoms with Gasteiger partial charge in [-0.3, -0.25) is 9.69 Å². The molecule has 3 amide bonds. The van der Waals surface area contributed by atoms with Gasteiger partial charge in [0.15, 0.2) is 0 Å². The molecule has 1 unspecified atom stereocenters. The molecular weight excluding hydrogens is 384 g/mol. The second kappa shape index (κ2) is 7.90. The van der Waals surface area contributed by atoms with E-state index in [1.54, 1.807) is 49.4 Å². The summed E-state index contributed by atoms with van der Waals surface area (Å²) in [5.41, 5.74) is -0.165. The van der Waals surface area contributed by atoms with Crippen LogP contribution in [0, 0.1) is 0 Å². The molecule has 8 heteroatoms. The number of benzene rings is 2. The number of halogens is 1. The van der Waals surface area contributed by atoms with E-state index in [1.807, 2.05) is 0 Å². The standard InChI is InChI=1S/C20H19ClN2O5/c1-20(14-6-8-15(21)9-7-14)18(25)23(19(26)22-20)10-11-28-16-5-3-4-13(12-16)17(24)27-2/h3-9,12H,10-11H2,1-2H3,(H,22,26). The number of imide groups is 1. The number of esters is 1. The fraction of sp³-hybridized carbons (Fsp3) is 0.250. The van der Waals surface area contributed by atoms with E-state index in [4.69, 9.17) is 16.3 Å². The molecule has 146 valence electrons. The molecule has 28 heavy (non-hydrogen) atoms. The lowest BCUT2D eigenvalue weighted by atomic mass is 9.92. The third-order valence-electron chi connectivity index (χ3n) is 4.54. The topological polar surface area (TPSA) is 84.9 Å². The normalized spacial score (nSPS) is 18.8. The number of carbonyl (C=O) groups is 3. The van der Waals surface area contributed by atoms with E-state index >= 15 is 0 Å². The van der Waals surface area contributed by atoms with Gasteiger partial charge in [-0.1, -0.05) is 29.8 Å². The van der Waals surface area contributed by atoms with Crippen molar-refractivity contribution >= 4 is 29.5 Å². The van der Waals surface area contributed by atoms with Crippen molar-refractivity contribution in [3.05, 3.63) is 64.7 Å². The third-order valence-corrected chi connectivity index (χ3v) is 4.79. The summed E-state index contributed by atoms with van der Waals surface area (Å²) in [6, 6.07) is 12.7. The van der Waals surface area contributed by atoms with Crippen LogP contribution in [0.4, 0.5) is 4.79 Å². The highest BCUT2D eigenvalue weighted by molar-refractivity contribution is 6.30. The van der Waals surface area contributed by atoms with Crippen LogP contribution in [0.1, 0.15) is 22.8 Å². The molecule has 2 aromatic carbocycles.